The Kier molecular flexibility index (Phi) is 5.09. The van der Waals surface area contributed by atoms with Crippen molar-refractivity contribution in [3.63, 3.8) is 0 Å². The van der Waals surface area contributed by atoms with E-state index in [0.717, 1.165) is 12.8 Å². The molecule has 4 fully saturated rings. The molecule has 0 heterocycles. The van der Waals surface area contributed by atoms with Crippen molar-refractivity contribution in [3.8, 4) is 0 Å². The molecule has 7 nitrogen and oxygen atoms in total. The van der Waals surface area contributed by atoms with Gasteiger partial charge in [0.15, 0.2) is 5.78 Å². The van der Waals surface area contributed by atoms with Crippen LogP contribution in [-0.4, -0.2) is 62.7 Å². The Morgan fingerprint density at radius 2 is 1.80 bits per heavy atom. The van der Waals surface area contributed by atoms with Crippen molar-refractivity contribution in [2.75, 3.05) is 6.61 Å². The molecule has 30 heavy (non-hydrogen) atoms. The molecule has 10 unspecified atom stereocenters. The van der Waals surface area contributed by atoms with Crippen molar-refractivity contribution in [2.45, 2.75) is 77.6 Å². The fourth-order valence-electron chi connectivity index (χ4n) is 8.11. The summed E-state index contributed by atoms with van der Waals surface area (Å²) in [7, 11) is 0. The first-order valence-electron chi connectivity index (χ1n) is 11.2. The van der Waals surface area contributed by atoms with E-state index in [0.29, 0.717) is 6.42 Å². The molecule has 4 N–H and O–H groups in total. The van der Waals surface area contributed by atoms with Gasteiger partial charge >= 0.3 is 0 Å². The number of rotatable bonds is 4. The van der Waals surface area contributed by atoms with E-state index in [-0.39, 0.29) is 43.4 Å². The number of hydrogen-bond donors (Lipinski definition) is 4. The first-order valence-corrected chi connectivity index (χ1v) is 11.2. The van der Waals surface area contributed by atoms with Crippen LogP contribution in [0, 0.1) is 39.9 Å². The highest BCUT2D eigenvalue weighted by molar-refractivity contribution is 6.03. The minimum atomic E-state index is -1.64. The first kappa shape index (κ1) is 22.1. The van der Waals surface area contributed by atoms with Crippen molar-refractivity contribution < 1.29 is 34.8 Å². The Bertz CT molecular complexity index is 780. The van der Waals surface area contributed by atoms with Gasteiger partial charge in [-0.3, -0.25) is 9.59 Å². The predicted molar refractivity (Wildman–Crippen MR) is 106 cm³/mol. The van der Waals surface area contributed by atoms with Crippen molar-refractivity contribution in [2.24, 2.45) is 39.9 Å². The molecule has 0 aromatic heterocycles. The van der Waals surface area contributed by atoms with Gasteiger partial charge in [0.05, 0.1) is 17.6 Å². The number of hydrogen-bond acceptors (Lipinski definition) is 7. The van der Waals surface area contributed by atoms with Gasteiger partial charge in [-0.25, -0.2) is 0 Å². The van der Waals surface area contributed by atoms with Gasteiger partial charge in [-0.2, -0.15) is 0 Å². The van der Waals surface area contributed by atoms with Gasteiger partial charge in [-0.05, 0) is 49.4 Å². The number of carbonyl (C=O) groups is 3. The van der Waals surface area contributed by atoms with E-state index in [4.69, 9.17) is 0 Å². The molecule has 10 atom stereocenters. The Morgan fingerprint density at radius 3 is 2.40 bits per heavy atom. The van der Waals surface area contributed by atoms with Crippen molar-refractivity contribution in [1.82, 2.24) is 0 Å². The van der Waals surface area contributed by atoms with Gasteiger partial charge in [-0.1, -0.05) is 20.3 Å². The molecule has 0 amide bonds. The zero-order chi connectivity index (χ0) is 22.2. The lowest BCUT2D eigenvalue weighted by molar-refractivity contribution is -0.234. The average molecular weight is 423 g/mol. The smallest absolute Gasteiger partial charge is 0.166 e. The minimum Gasteiger partial charge on any atom is -0.396 e. The molecule has 4 rings (SSSR count). The van der Waals surface area contributed by atoms with Crippen molar-refractivity contribution >= 4 is 17.3 Å². The highest BCUT2D eigenvalue weighted by atomic mass is 16.3. The van der Waals surface area contributed by atoms with Crippen molar-refractivity contribution in [3.05, 3.63) is 0 Å². The van der Waals surface area contributed by atoms with Crippen LogP contribution in [0.1, 0.15) is 59.3 Å². The Hall–Kier alpha value is -1.15. The van der Waals surface area contributed by atoms with Crippen LogP contribution >= 0.6 is 0 Å². The zero-order valence-corrected chi connectivity index (χ0v) is 18.0. The summed E-state index contributed by atoms with van der Waals surface area (Å²) in [5.74, 6) is -3.97. The van der Waals surface area contributed by atoms with E-state index in [9.17, 15) is 34.8 Å². The molecule has 7 heteroatoms. The van der Waals surface area contributed by atoms with Crippen LogP contribution < -0.4 is 0 Å². The van der Waals surface area contributed by atoms with Gasteiger partial charge in [-0.15, -0.1) is 0 Å². The summed E-state index contributed by atoms with van der Waals surface area (Å²) in [5, 5.41) is 43.7. The molecule has 0 aromatic carbocycles. The van der Waals surface area contributed by atoms with Gasteiger partial charge in [0, 0.05) is 30.8 Å². The number of ketones is 3. The summed E-state index contributed by atoms with van der Waals surface area (Å²) in [5.41, 5.74) is -2.86. The van der Waals surface area contributed by atoms with E-state index in [1.54, 1.807) is 0 Å². The molecule has 168 valence electrons. The minimum absolute atomic E-state index is 0.0865. The molecule has 0 radical (unpaired) electrons. The molecule has 0 aliphatic heterocycles. The van der Waals surface area contributed by atoms with E-state index >= 15 is 0 Å². The SMILES string of the molecule is CC(=O)CCC1C(=O)C23C(O)CC4C(C)(CO)CCCC4(C)C2C(=O)C(O)C1C3O. The van der Waals surface area contributed by atoms with E-state index in [1.807, 2.05) is 13.8 Å². The molecular weight excluding hydrogens is 388 g/mol. The number of aliphatic hydroxyl groups excluding tert-OH is 4. The number of carbonyl (C=O) groups excluding carboxylic acids is 3. The van der Waals surface area contributed by atoms with Crippen LogP contribution in [0.5, 0.6) is 0 Å². The average Bonchev–Trinajstić information content (AvgIpc) is 2.84. The van der Waals surface area contributed by atoms with E-state index < -0.39 is 58.1 Å². The monoisotopic (exact) mass is 422 g/mol. The normalized spacial score (nSPS) is 52.7. The quantitative estimate of drug-likeness (QED) is 0.523. The lowest BCUT2D eigenvalue weighted by atomic mass is 9.39. The second-order valence-corrected chi connectivity index (χ2v) is 10.9. The van der Waals surface area contributed by atoms with Crippen LogP contribution in [0.4, 0.5) is 0 Å². The molecule has 4 saturated carbocycles. The summed E-state index contributed by atoms with van der Waals surface area (Å²) in [4.78, 5) is 38.9. The van der Waals surface area contributed by atoms with Gasteiger partial charge < -0.3 is 25.2 Å². The Balaban J connectivity index is 1.86. The Morgan fingerprint density at radius 1 is 1.13 bits per heavy atom. The topological polar surface area (TPSA) is 132 Å². The molecule has 4 aliphatic rings. The highest BCUT2D eigenvalue weighted by Gasteiger charge is 2.79. The zero-order valence-electron chi connectivity index (χ0n) is 18.0. The largest absolute Gasteiger partial charge is 0.396 e. The molecule has 1 spiro atoms. The molecular formula is C23H34O7. The van der Waals surface area contributed by atoms with Crippen LogP contribution in [0.15, 0.2) is 0 Å². The lowest BCUT2D eigenvalue weighted by Gasteiger charge is -2.65. The number of fused-ring (bicyclic) bond motifs is 3. The Labute approximate surface area is 176 Å². The second-order valence-electron chi connectivity index (χ2n) is 10.9. The number of aliphatic hydroxyl groups is 4. The van der Waals surface area contributed by atoms with Crippen LogP contribution in [0.3, 0.4) is 0 Å². The van der Waals surface area contributed by atoms with Gasteiger partial charge in [0.1, 0.15) is 17.7 Å². The van der Waals surface area contributed by atoms with Crippen LogP contribution in [0.2, 0.25) is 0 Å². The predicted octanol–water partition coefficient (Wildman–Crippen LogP) is 0.647. The maximum Gasteiger partial charge on any atom is 0.166 e. The summed E-state index contributed by atoms with van der Waals surface area (Å²) in [6.07, 6.45) is -1.38. The van der Waals surface area contributed by atoms with Gasteiger partial charge in [0.25, 0.3) is 0 Å². The summed E-state index contributed by atoms with van der Waals surface area (Å²) < 4.78 is 0. The van der Waals surface area contributed by atoms with Crippen LogP contribution in [0.25, 0.3) is 0 Å². The standard InChI is InChI=1S/C23H34O7/c1-11(25)5-6-12-15-16(27)17(28)18-22(3)8-4-7-21(2,10-24)13(22)9-14(26)23(18,19(12)29)20(15)30/h12-16,18,20,24,26-27,30H,4-10H2,1-3H3. The lowest BCUT2D eigenvalue weighted by Crippen LogP contribution is -2.71. The highest BCUT2D eigenvalue weighted by Crippen LogP contribution is 2.70. The fourth-order valence-corrected chi connectivity index (χ4v) is 8.11. The van der Waals surface area contributed by atoms with E-state index in [1.165, 1.54) is 6.92 Å². The maximum absolute atomic E-state index is 13.8. The number of Topliss-reactive ketones (excluding diaryl/α,β-unsaturated/α-hetero) is 3. The maximum atomic E-state index is 13.8. The van der Waals surface area contributed by atoms with Crippen LogP contribution in [-0.2, 0) is 14.4 Å². The molecule has 0 aromatic rings. The molecule has 4 aliphatic carbocycles. The summed E-state index contributed by atoms with van der Waals surface area (Å²) >= 11 is 0. The van der Waals surface area contributed by atoms with E-state index in [2.05, 4.69) is 0 Å². The van der Waals surface area contributed by atoms with Gasteiger partial charge in [0.2, 0.25) is 0 Å². The molecule has 0 saturated heterocycles. The molecule has 2 bridgehead atoms. The second kappa shape index (κ2) is 6.92. The summed E-state index contributed by atoms with van der Waals surface area (Å²) in [6.45, 7) is 5.21. The van der Waals surface area contributed by atoms with Crippen molar-refractivity contribution in [1.29, 1.82) is 0 Å². The third kappa shape index (κ3) is 2.49. The first-order chi connectivity index (χ1) is 14.0. The summed E-state index contributed by atoms with van der Waals surface area (Å²) in [6, 6.07) is 0. The fraction of sp³-hybridized carbons (Fsp3) is 0.870. The third-order valence-electron chi connectivity index (χ3n) is 9.44. The third-order valence-corrected chi connectivity index (χ3v) is 9.44.